The van der Waals surface area contributed by atoms with Crippen molar-refractivity contribution in [2.24, 2.45) is 0 Å². The molecule has 0 radical (unpaired) electrons. The van der Waals surface area contributed by atoms with Crippen LogP contribution >= 0.6 is 22.9 Å². The first kappa shape index (κ1) is 19.9. The van der Waals surface area contributed by atoms with Gasteiger partial charge in [0, 0.05) is 15.4 Å². The van der Waals surface area contributed by atoms with Gasteiger partial charge in [0.15, 0.2) is 6.61 Å². The van der Waals surface area contributed by atoms with E-state index in [1.165, 1.54) is 11.3 Å². The lowest BCUT2D eigenvalue weighted by atomic mass is 10.1. The maximum absolute atomic E-state index is 12.0. The highest BCUT2D eigenvalue weighted by atomic mass is 35.5. The van der Waals surface area contributed by atoms with Gasteiger partial charge in [0.25, 0.3) is 5.91 Å². The molecule has 0 saturated heterocycles. The second-order valence-corrected chi connectivity index (χ2v) is 8.02. The Bertz CT molecular complexity index is 809. The summed E-state index contributed by atoms with van der Waals surface area (Å²) < 4.78 is 4.95. The van der Waals surface area contributed by atoms with E-state index in [0.717, 1.165) is 10.4 Å². The van der Waals surface area contributed by atoms with Gasteiger partial charge >= 0.3 is 12.0 Å². The van der Waals surface area contributed by atoms with Crippen LogP contribution in [0.25, 0.3) is 10.4 Å². The Morgan fingerprint density at radius 3 is 2.35 bits per heavy atom. The van der Waals surface area contributed by atoms with Crippen LogP contribution in [0.2, 0.25) is 5.02 Å². The number of carbonyl (C=O) groups excluding carboxylic acids is 3. The molecule has 0 fully saturated rings. The molecule has 3 amide bonds. The Balaban J connectivity index is 1.87. The number of thiophene rings is 1. The fourth-order valence-corrected chi connectivity index (χ4v) is 2.98. The summed E-state index contributed by atoms with van der Waals surface area (Å²) in [5, 5.41) is 5.31. The molecule has 2 N–H and O–H groups in total. The fourth-order valence-electron chi connectivity index (χ4n) is 1.95. The molecule has 138 valence electrons. The monoisotopic (exact) mass is 394 g/mol. The van der Waals surface area contributed by atoms with E-state index in [-0.39, 0.29) is 0 Å². The number of nitrogens with one attached hydrogen (secondary N) is 2. The predicted molar refractivity (Wildman–Crippen MR) is 101 cm³/mol. The van der Waals surface area contributed by atoms with Crippen molar-refractivity contribution in [3.63, 3.8) is 0 Å². The molecule has 0 atom stereocenters. The molecular formula is C18H19ClN2O4S. The van der Waals surface area contributed by atoms with E-state index in [9.17, 15) is 14.4 Å². The summed E-state index contributed by atoms with van der Waals surface area (Å²) in [6.45, 7) is 4.81. The lowest BCUT2D eigenvalue weighted by Gasteiger charge is -2.20. The van der Waals surface area contributed by atoms with Crippen LogP contribution in [0.4, 0.5) is 4.79 Å². The van der Waals surface area contributed by atoms with E-state index in [1.807, 2.05) is 12.1 Å². The SMILES string of the molecule is CC(C)(C)NC(=O)NC(=O)COC(=O)c1ccc(-c2ccc(Cl)cc2)s1. The summed E-state index contributed by atoms with van der Waals surface area (Å²) in [5.41, 5.74) is 0.450. The molecule has 26 heavy (non-hydrogen) atoms. The minimum Gasteiger partial charge on any atom is -0.451 e. The Morgan fingerprint density at radius 1 is 1.08 bits per heavy atom. The van der Waals surface area contributed by atoms with Crippen LogP contribution in [0.1, 0.15) is 30.4 Å². The van der Waals surface area contributed by atoms with Gasteiger partial charge in [0.1, 0.15) is 4.88 Å². The Morgan fingerprint density at radius 2 is 1.73 bits per heavy atom. The number of hydrogen-bond donors (Lipinski definition) is 2. The van der Waals surface area contributed by atoms with Crippen LogP contribution in [0.3, 0.4) is 0 Å². The van der Waals surface area contributed by atoms with Gasteiger partial charge in [-0.3, -0.25) is 10.1 Å². The number of esters is 1. The van der Waals surface area contributed by atoms with Crippen LogP contribution in [0.15, 0.2) is 36.4 Å². The molecule has 1 aromatic heterocycles. The Labute approximate surface area is 160 Å². The molecule has 0 aliphatic heterocycles. The molecule has 8 heteroatoms. The van der Waals surface area contributed by atoms with Gasteiger partial charge in [-0.25, -0.2) is 9.59 Å². The number of hydrogen-bond acceptors (Lipinski definition) is 5. The second kappa shape index (κ2) is 8.33. The quantitative estimate of drug-likeness (QED) is 0.771. The Hall–Kier alpha value is -2.38. The normalized spacial score (nSPS) is 10.9. The lowest BCUT2D eigenvalue weighted by molar-refractivity contribution is -0.123. The van der Waals surface area contributed by atoms with Gasteiger partial charge in [-0.05, 0) is 50.6 Å². The number of carbonyl (C=O) groups is 3. The minimum absolute atomic E-state index is 0.363. The van der Waals surface area contributed by atoms with E-state index >= 15 is 0 Å². The number of rotatable bonds is 4. The van der Waals surface area contributed by atoms with Crippen molar-refractivity contribution in [1.29, 1.82) is 0 Å². The van der Waals surface area contributed by atoms with E-state index in [0.29, 0.717) is 9.90 Å². The summed E-state index contributed by atoms with van der Waals surface area (Å²) in [5.74, 6) is -1.32. The van der Waals surface area contributed by atoms with Crippen molar-refractivity contribution < 1.29 is 19.1 Å². The first-order valence-electron chi connectivity index (χ1n) is 7.79. The number of amides is 3. The van der Waals surface area contributed by atoms with E-state index in [4.69, 9.17) is 16.3 Å². The van der Waals surface area contributed by atoms with Gasteiger partial charge in [0.05, 0.1) is 0 Å². The van der Waals surface area contributed by atoms with Crippen LogP contribution in [-0.4, -0.2) is 30.1 Å². The zero-order valence-corrected chi connectivity index (χ0v) is 16.2. The molecule has 0 spiro atoms. The molecule has 6 nitrogen and oxygen atoms in total. The average Bonchev–Trinajstić information content (AvgIpc) is 3.01. The zero-order chi connectivity index (χ0) is 19.3. The minimum atomic E-state index is -0.699. The van der Waals surface area contributed by atoms with E-state index in [2.05, 4.69) is 10.6 Å². The van der Waals surface area contributed by atoms with Gasteiger partial charge < -0.3 is 10.1 Å². The van der Waals surface area contributed by atoms with Crippen molar-refractivity contribution >= 4 is 40.8 Å². The molecule has 0 aliphatic rings. The van der Waals surface area contributed by atoms with Gasteiger partial charge in [-0.1, -0.05) is 23.7 Å². The highest BCUT2D eigenvalue weighted by Gasteiger charge is 2.17. The third-order valence-corrected chi connectivity index (χ3v) is 4.38. The van der Waals surface area contributed by atoms with Gasteiger partial charge in [-0.2, -0.15) is 0 Å². The fraction of sp³-hybridized carbons (Fsp3) is 0.278. The predicted octanol–water partition coefficient (Wildman–Crippen LogP) is 3.85. The highest BCUT2D eigenvalue weighted by Crippen LogP contribution is 2.29. The number of imide groups is 1. The Kier molecular flexibility index (Phi) is 6.39. The molecule has 0 aliphatic carbocycles. The van der Waals surface area contributed by atoms with Crippen LogP contribution in [-0.2, 0) is 9.53 Å². The third kappa shape index (κ3) is 6.16. The third-order valence-electron chi connectivity index (χ3n) is 3.01. The van der Waals surface area contributed by atoms with Gasteiger partial charge in [0.2, 0.25) is 0 Å². The summed E-state index contributed by atoms with van der Waals surface area (Å²) in [6, 6.07) is 10.0. The first-order chi connectivity index (χ1) is 12.1. The molecule has 0 unspecified atom stereocenters. The van der Waals surface area contributed by atoms with Crippen molar-refractivity contribution in [2.75, 3.05) is 6.61 Å². The summed E-state index contributed by atoms with van der Waals surface area (Å²) in [7, 11) is 0. The smallest absolute Gasteiger partial charge is 0.348 e. The summed E-state index contributed by atoms with van der Waals surface area (Å²) in [4.78, 5) is 36.5. The number of benzene rings is 1. The summed E-state index contributed by atoms with van der Waals surface area (Å²) >= 11 is 7.10. The number of urea groups is 1. The van der Waals surface area contributed by atoms with Crippen molar-refractivity contribution in [3.05, 3.63) is 46.3 Å². The average molecular weight is 395 g/mol. The molecule has 0 saturated carbocycles. The molecule has 1 heterocycles. The van der Waals surface area contributed by atoms with Gasteiger partial charge in [-0.15, -0.1) is 11.3 Å². The maximum Gasteiger partial charge on any atom is 0.348 e. The highest BCUT2D eigenvalue weighted by molar-refractivity contribution is 7.17. The number of ether oxygens (including phenoxy) is 1. The standard InChI is InChI=1S/C18H19ClN2O4S/c1-18(2,3)21-17(24)20-15(22)10-25-16(23)14-9-8-13(26-14)11-4-6-12(19)7-5-11/h4-9H,10H2,1-3H3,(H2,20,21,22,24). The maximum atomic E-state index is 12.0. The second-order valence-electron chi connectivity index (χ2n) is 6.50. The van der Waals surface area contributed by atoms with Crippen molar-refractivity contribution in [3.8, 4) is 10.4 Å². The van der Waals surface area contributed by atoms with E-state index in [1.54, 1.807) is 45.0 Å². The summed E-state index contributed by atoms with van der Waals surface area (Å²) in [6.07, 6.45) is 0. The largest absolute Gasteiger partial charge is 0.451 e. The lowest BCUT2D eigenvalue weighted by Crippen LogP contribution is -2.49. The van der Waals surface area contributed by atoms with Crippen molar-refractivity contribution in [1.82, 2.24) is 10.6 Å². The first-order valence-corrected chi connectivity index (χ1v) is 8.98. The molecule has 2 aromatic rings. The van der Waals surface area contributed by atoms with Crippen LogP contribution in [0, 0.1) is 0 Å². The zero-order valence-electron chi connectivity index (χ0n) is 14.6. The molecule has 1 aromatic carbocycles. The molecule has 2 rings (SSSR count). The van der Waals surface area contributed by atoms with Crippen molar-refractivity contribution in [2.45, 2.75) is 26.3 Å². The number of halogens is 1. The molecule has 0 bridgehead atoms. The van der Waals surface area contributed by atoms with Crippen LogP contribution in [0.5, 0.6) is 0 Å². The van der Waals surface area contributed by atoms with Crippen LogP contribution < -0.4 is 10.6 Å². The molecular weight excluding hydrogens is 376 g/mol. The van der Waals surface area contributed by atoms with E-state index < -0.39 is 30.1 Å². The topological polar surface area (TPSA) is 84.5 Å².